The number of hydrogen-bond acceptors (Lipinski definition) is 3. The summed E-state index contributed by atoms with van der Waals surface area (Å²) in [6, 6.07) is 6.12. The van der Waals surface area contributed by atoms with E-state index in [9.17, 15) is 4.79 Å². The molecule has 25 heavy (non-hydrogen) atoms. The van der Waals surface area contributed by atoms with Crippen molar-refractivity contribution in [2.24, 2.45) is 4.99 Å². The summed E-state index contributed by atoms with van der Waals surface area (Å²) in [7, 11) is 0. The average molecular weight is 354 g/mol. The van der Waals surface area contributed by atoms with Crippen molar-refractivity contribution >= 4 is 27.5 Å². The van der Waals surface area contributed by atoms with E-state index in [0.717, 1.165) is 10.2 Å². The number of aromatic nitrogens is 3. The highest BCUT2D eigenvalue weighted by atomic mass is 32.1. The zero-order valence-corrected chi connectivity index (χ0v) is 15.8. The quantitative estimate of drug-likeness (QED) is 0.664. The van der Waals surface area contributed by atoms with Crippen LogP contribution in [-0.4, -0.2) is 20.3 Å². The highest BCUT2D eigenvalue weighted by molar-refractivity contribution is 7.16. The predicted molar refractivity (Wildman–Crippen MR) is 102 cm³/mol. The van der Waals surface area contributed by atoms with Crippen molar-refractivity contribution in [3.63, 3.8) is 0 Å². The maximum Gasteiger partial charge on any atom is 0.297 e. The van der Waals surface area contributed by atoms with Gasteiger partial charge in [0.05, 0.1) is 10.2 Å². The lowest BCUT2D eigenvalue weighted by molar-refractivity contribution is 0.0986. The maximum atomic E-state index is 12.7. The third kappa shape index (κ3) is 3.22. The molecule has 1 amide bonds. The molecule has 5 nitrogen and oxygen atoms in total. The van der Waals surface area contributed by atoms with Crippen molar-refractivity contribution in [1.82, 2.24) is 14.3 Å². The Balaban J connectivity index is 2.18. The largest absolute Gasteiger partial charge is 0.312 e. The molecule has 6 heteroatoms. The number of amides is 1. The van der Waals surface area contributed by atoms with E-state index in [4.69, 9.17) is 0 Å². The van der Waals surface area contributed by atoms with E-state index in [-0.39, 0.29) is 11.9 Å². The minimum atomic E-state index is -0.274. The van der Waals surface area contributed by atoms with Crippen LogP contribution in [0.1, 0.15) is 41.5 Å². The molecular weight excluding hydrogens is 332 g/mol. The van der Waals surface area contributed by atoms with E-state index in [1.165, 1.54) is 22.5 Å². The number of thiazole rings is 1. The van der Waals surface area contributed by atoms with Crippen LogP contribution in [0, 0.1) is 13.8 Å². The van der Waals surface area contributed by atoms with Gasteiger partial charge in [-0.25, -0.2) is 0 Å². The number of fused-ring (bicyclic) bond motifs is 1. The molecule has 0 unspecified atom stereocenters. The number of hydrogen-bond donors (Lipinski definition) is 0. The van der Waals surface area contributed by atoms with Gasteiger partial charge in [0.15, 0.2) is 4.80 Å². The lowest BCUT2D eigenvalue weighted by Gasteiger charge is -2.08. The van der Waals surface area contributed by atoms with E-state index in [0.29, 0.717) is 17.0 Å². The Bertz CT molecular complexity index is 1020. The molecule has 0 radical (unpaired) electrons. The number of rotatable bonds is 4. The summed E-state index contributed by atoms with van der Waals surface area (Å²) in [4.78, 5) is 17.8. The molecule has 0 saturated carbocycles. The number of allylic oxidation sites excluding steroid dienone is 1. The van der Waals surface area contributed by atoms with Gasteiger partial charge in [-0.3, -0.25) is 9.48 Å². The smallest absolute Gasteiger partial charge is 0.297 e. The average Bonchev–Trinajstić information content (AvgIpc) is 3.15. The second kappa shape index (κ2) is 6.80. The molecule has 0 aliphatic rings. The molecule has 0 N–H and O–H groups in total. The summed E-state index contributed by atoms with van der Waals surface area (Å²) in [5, 5.41) is 4.22. The van der Waals surface area contributed by atoms with E-state index >= 15 is 0 Å². The number of carbonyl (C=O) groups excluding carboxylic acids is 1. The van der Waals surface area contributed by atoms with Gasteiger partial charge in [0.25, 0.3) is 5.91 Å². The minimum absolute atomic E-state index is 0.108. The van der Waals surface area contributed by atoms with Gasteiger partial charge in [0, 0.05) is 18.8 Å². The zero-order valence-electron chi connectivity index (χ0n) is 15.0. The monoisotopic (exact) mass is 354 g/mol. The maximum absolute atomic E-state index is 12.7. The first kappa shape index (κ1) is 17.4. The van der Waals surface area contributed by atoms with E-state index in [2.05, 4.69) is 42.7 Å². The predicted octanol–water partition coefficient (Wildman–Crippen LogP) is 4.02. The Morgan fingerprint density at radius 3 is 2.76 bits per heavy atom. The molecule has 3 rings (SSSR count). The first-order chi connectivity index (χ1) is 11.9. The molecule has 2 heterocycles. The van der Waals surface area contributed by atoms with Gasteiger partial charge in [-0.2, -0.15) is 10.1 Å². The molecular formula is C19H22N4OS. The van der Waals surface area contributed by atoms with Crippen molar-refractivity contribution in [3.8, 4) is 0 Å². The van der Waals surface area contributed by atoms with E-state index in [1.54, 1.807) is 16.9 Å². The van der Waals surface area contributed by atoms with Crippen LogP contribution in [0.4, 0.5) is 0 Å². The summed E-state index contributed by atoms with van der Waals surface area (Å²) in [6.45, 7) is 12.6. The molecule has 3 aromatic rings. The van der Waals surface area contributed by atoms with Crippen LogP contribution in [0.3, 0.4) is 0 Å². The summed E-state index contributed by atoms with van der Waals surface area (Å²) in [5.74, 6) is -0.274. The number of carbonyl (C=O) groups is 1. The van der Waals surface area contributed by atoms with E-state index in [1.807, 2.05) is 24.5 Å². The van der Waals surface area contributed by atoms with Crippen LogP contribution < -0.4 is 4.80 Å². The third-order valence-electron chi connectivity index (χ3n) is 4.19. The number of benzene rings is 1. The molecule has 2 aromatic heterocycles. The third-order valence-corrected chi connectivity index (χ3v) is 5.23. The fourth-order valence-corrected chi connectivity index (χ4v) is 3.87. The van der Waals surface area contributed by atoms with Crippen LogP contribution in [0.25, 0.3) is 10.2 Å². The Morgan fingerprint density at radius 2 is 2.08 bits per heavy atom. The normalized spacial score (nSPS) is 12.3. The van der Waals surface area contributed by atoms with Crippen LogP contribution >= 0.6 is 11.3 Å². The molecule has 0 aliphatic carbocycles. The molecule has 0 bridgehead atoms. The molecule has 130 valence electrons. The molecule has 0 spiro atoms. The SMILES string of the molecule is C=CCn1c(=NC(=O)c2ccnn2C(C)C)sc2cc(C)c(C)cc21. The summed E-state index contributed by atoms with van der Waals surface area (Å²) < 4.78 is 4.85. The van der Waals surface area contributed by atoms with Gasteiger partial charge in [0.2, 0.25) is 0 Å². The molecule has 0 saturated heterocycles. The highest BCUT2D eigenvalue weighted by Crippen LogP contribution is 2.22. The highest BCUT2D eigenvalue weighted by Gasteiger charge is 2.15. The zero-order chi connectivity index (χ0) is 18.1. The van der Waals surface area contributed by atoms with E-state index < -0.39 is 0 Å². The van der Waals surface area contributed by atoms with Crippen molar-refractivity contribution in [2.45, 2.75) is 40.3 Å². The Morgan fingerprint density at radius 1 is 1.36 bits per heavy atom. The van der Waals surface area contributed by atoms with Gasteiger partial charge in [0.1, 0.15) is 5.69 Å². The number of aryl methyl sites for hydroxylation is 2. The first-order valence-corrected chi connectivity index (χ1v) is 9.08. The summed E-state index contributed by atoms with van der Waals surface area (Å²) >= 11 is 1.52. The second-order valence-electron chi connectivity index (χ2n) is 6.36. The van der Waals surface area contributed by atoms with Gasteiger partial charge < -0.3 is 4.57 Å². The van der Waals surface area contributed by atoms with Crippen molar-refractivity contribution in [3.05, 3.63) is 58.7 Å². The number of nitrogens with zero attached hydrogens (tertiary/aromatic N) is 4. The minimum Gasteiger partial charge on any atom is -0.312 e. The van der Waals surface area contributed by atoms with Crippen LogP contribution in [0.5, 0.6) is 0 Å². The Hall–Kier alpha value is -2.47. The van der Waals surface area contributed by atoms with Crippen molar-refractivity contribution in [2.75, 3.05) is 0 Å². The molecule has 0 aliphatic heterocycles. The topological polar surface area (TPSA) is 52.2 Å². The van der Waals surface area contributed by atoms with Crippen LogP contribution in [0.2, 0.25) is 0 Å². The molecule has 0 fully saturated rings. The Labute approximate surface area is 150 Å². The van der Waals surface area contributed by atoms with Crippen LogP contribution in [0.15, 0.2) is 42.0 Å². The summed E-state index contributed by atoms with van der Waals surface area (Å²) in [5.41, 5.74) is 4.04. The van der Waals surface area contributed by atoms with Crippen molar-refractivity contribution in [1.29, 1.82) is 0 Å². The molecule has 1 aromatic carbocycles. The first-order valence-electron chi connectivity index (χ1n) is 8.26. The summed E-state index contributed by atoms with van der Waals surface area (Å²) in [6.07, 6.45) is 3.46. The molecule has 0 atom stereocenters. The Kier molecular flexibility index (Phi) is 4.72. The van der Waals surface area contributed by atoms with Gasteiger partial charge in [-0.1, -0.05) is 17.4 Å². The fraction of sp³-hybridized carbons (Fsp3) is 0.316. The van der Waals surface area contributed by atoms with Gasteiger partial charge >= 0.3 is 0 Å². The van der Waals surface area contributed by atoms with Crippen LogP contribution in [-0.2, 0) is 6.54 Å². The standard InChI is InChI=1S/C19H22N4OS/c1-6-9-22-16-10-13(4)14(5)11-17(16)25-19(22)21-18(24)15-7-8-20-23(15)12(2)3/h6-8,10-12H,1,9H2,2-5H3. The lowest BCUT2D eigenvalue weighted by Crippen LogP contribution is -2.18. The van der Waals surface area contributed by atoms with Gasteiger partial charge in [-0.15, -0.1) is 6.58 Å². The lowest BCUT2D eigenvalue weighted by atomic mass is 10.1. The second-order valence-corrected chi connectivity index (χ2v) is 7.37. The van der Waals surface area contributed by atoms with Gasteiger partial charge in [-0.05, 0) is 57.0 Å². The van der Waals surface area contributed by atoms with Crippen molar-refractivity contribution < 1.29 is 4.79 Å². The fourth-order valence-electron chi connectivity index (χ4n) is 2.75.